The van der Waals surface area contributed by atoms with Crippen molar-refractivity contribution < 1.29 is 15.1 Å². The van der Waals surface area contributed by atoms with E-state index in [1.807, 2.05) is 37.3 Å². The lowest BCUT2D eigenvalue weighted by atomic mass is 10.0. The second-order valence-corrected chi connectivity index (χ2v) is 5.13. The molecule has 0 bridgehead atoms. The lowest BCUT2D eigenvalue weighted by Crippen LogP contribution is -2.44. The third-order valence-electron chi connectivity index (χ3n) is 3.65. The first-order chi connectivity index (χ1) is 9.22. The van der Waals surface area contributed by atoms with Gasteiger partial charge in [0.25, 0.3) is 0 Å². The molecule has 0 saturated carbocycles. The monoisotopic (exact) mass is 265 g/mol. The molecule has 1 aromatic rings. The Balaban J connectivity index is 1.91. The molecule has 2 rings (SSSR count). The van der Waals surface area contributed by atoms with Crippen molar-refractivity contribution in [2.45, 2.75) is 51.0 Å². The van der Waals surface area contributed by atoms with E-state index in [0.29, 0.717) is 19.6 Å². The van der Waals surface area contributed by atoms with E-state index in [9.17, 15) is 10.3 Å². The van der Waals surface area contributed by atoms with Gasteiger partial charge in [0.15, 0.2) is 0 Å². The molecule has 0 amide bonds. The van der Waals surface area contributed by atoms with Gasteiger partial charge in [-0.15, -0.1) is 0 Å². The molecule has 1 heterocycles. The topological polar surface area (TPSA) is 52.9 Å². The van der Waals surface area contributed by atoms with Crippen molar-refractivity contribution in [2.75, 3.05) is 6.54 Å². The zero-order valence-corrected chi connectivity index (χ0v) is 11.4. The standard InChI is InChI=1S/C15H23NO3/c1-2-6-13(17)15-14(9-10-16(15)18)19-11-12-7-4-3-5-8-12/h3-5,7-8,13-15,17-18H,2,6,9-11H2,1H3/t13?,14-,15+/m0/s1. The Kier molecular flexibility index (Phi) is 5.34. The Morgan fingerprint density at radius 1 is 1.37 bits per heavy atom. The lowest BCUT2D eigenvalue weighted by molar-refractivity contribution is -0.156. The number of aliphatic hydroxyl groups excluding tert-OH is 1. The summed E-state index contributed by atoms with van der Waals surface area (Å²) in [5.41, 5.74) is 1.11. The van der Waals surface area contributed by atoms with Gasteiger partial charge in [0, 0.05) is 6.54 Å². The minimum atomic E-state index is -0.529. The first-order valence-corrected chi connectivity index (χ1v) is 7.01. The predicted molar refractivity (Wildman–Crippen MR) is 72.8 cm³/mol. The van der Waals surface area contributed by atoms with Gasteiger partial charge in [0.1, 0.15) is 0 Å². The van der Waals surface area contributed by atoms with E-state index in [1.165, 1.54) is 5.06 Å². The van der Waals surface area contributed by atoms with Crippen LogP contribution >= 0.6 is 0 Å². The van der Waals surface area contributed by atoms with Crippen molar-refractivity contribution in [2.24, 2.45) is 0 Å². The largest absolute Gasteiger partial charge is 0.391 e. The van der Waals surface area contributed by atoms with Crippen molar-refractivity contribution in [3.63, 3.8) is 0 Å². The van der Waals surface area contributed by atoms with Crippen molar-refractivity contribution in [3.05, 3.63) is 35.9 Å². The maximum Gasteiger partial charge on any atom is 0.0871 e. The van der Waals surface area contributed by atoms with Gasteiger partial charge in [-0.25, -0.2) is 0 Å². The summed E-state index contributed by atoms with van der Waals surface area (Å²) in [7, 11) is 0. The van der Waals surface area contributed by atoms with Crippen LogP contribution in [0.4, 0.5) is 0 Å². The van der Waals surface area contributed by atoms with E-state index in [0.717, 1.165) is 18.4 Å². The van der Waals surface area contributed by atoms with Crippen LogP contribution in [0.25, 0.3) is 0 Å². The van der Waals surface area contributed by atoms with Gasteiger partial charge in [-0.3, -0.25) is 0 Å². The Morgan fingerprint density at radius 3 is 2.79 bits per heavy atom. The van der Waals surface area contributed by atoms with Crippen LogP contribution in [0, 0.1) is 0 Å². The highest BCUT2D eigenvalue weighted by Crippen LogP contribution is 2.24. The van der Waals surface area contributed by atoms with E-state index in [1.54, 1.807) is 0 Å². The van der Waals surface area contributed by atoms with Crippen LogP contribution in [-0.4, -0.2) is 40.2 Å². The molecule has 1 aliphatic heterocycles. The molecule has 1 fully saturated rings. The molecule has 0 spiro atoms. The summed E-state index contributed by atoms with van der Waals surface area (Å²) in [5, 5.41) is 21.2. The normalized spacial score (nSPS) is 25.6. The highest BCUT2D eigenvalue weighted by molar-refractivity contribution is 5.13. The Hall–Kier alpha value is -0.940. The van der Waals surface area contributed by atoms with Crippen LogP contribution in [0.2, 0.25) is 0 Å². The quantitative estimate of drug-likeness (QED) is 0.828. The summed E-state index contributed by atoms with van der Waals surface area (Å²) in [5.74, 6) is 0. The van der Waals surface area contributed by atoms with E-state index >= 15 is 0 Å². The number of benzene rings is 1. The second kappa shape index (κ2) is 7.01. The Labute approximate surface area is 114 Å². The molecule has 1 aromatic carbocycles. The number of nitrogens with zero attached hydrogens (tertiary/aromatic N) is 1. The lowest BCUT2D eigenvalue weighted by Gasteiger charge is -2.28. The summed E-state index contributed by atoms with van der Waals surface area (Å²) in [4.78, 5) is 0. The summed E-state index contributed by atoms with van der Waals surface area (Å²) in [6.45, 7) is 3.11. The molecular formula is C15H23NO3. The number of hydrogen-bond acceptors (Lipinski definition) is 4. The van der Waals surface area contributed by atoms with E-state index in [2.05, 4.69) is 0 Å². The van der Waals surface area contributed by atoms with Gasteiger partial charge < -0.3 is 15.1 Å². The Bertz CT molecular complexity index is 371. The summed E-state index contributed by atoms with van der Waals surface area (Å²) < 4.78 is 5.88. The molecular weight excluding hydrogens is 242 g/mol. The number of hydrogen-bond donors (Lipinski definition) is 2. The van der Waals surface area contributed by atoms with Crippen LogP contribution in [0.15, 0.2) is 30.3 Å². The number of ether oxygens (including phenoxy) is 1. The third kappa shape index (κ3) is 3.76. The van der Waals surface area contributed by atoms with Crippen LogP contribution < -0.4 is 0 Å². The zero-order chi connectivity index (χ0) is 13.7. The van der Waals surface area contributed by atoms with Crippen molar-refractivity contribution in [3.8, 4) is 0 Å². The van der Waals surface area contributed by atoms with Gasteiger partial charge in [0.05, 0.1) is 24.9 Å². The van der Waals surface area contributed by atoms with E-state index in [-0.39, 0.29) is 12.1 Å². The zero-order valence-electron chi connectivity index (χ0n) is 11.4. The van der Waals surface area contributed by atoms with Gasteiger partial charge >= 0.3 is 0 Å². The van der Waals surface area contributed by atoms with Crippen LogP contribution in [0.3, 0.4) is 0 Å². The summed E-state index contributed by atoms with van der Waals surface area (Å²) >= 11 is 0. The van der Waals surface area contributed by atoms with Gasteiger partial charge in [-0.05, 0) is 18.4 Å². The summed E-state index contributed by atoms with van der Waals surface area (Å²) in [6.07, 6.45) is 1.71. The molecule has 106 valence electrons. The number of aliphatic hydroxyl groups is 1. The fraction of sp³-hybridized carbons (Fsp3) is 0.600. The maximum absolute atomic E-state index is 10.1. The van der Waals surface area contributed by atoms with E-state index < -0.39 is 6.10 Å². The molecule has 0 radical (unpaired) electrons. The predicted octanol–water partition coefficient (Wildman–Crippen LogP) is 2.20. The molecule has 0 aromatic heterocycles. The first-order valence-electron chi connectivity index (χ1n) is 7.01. The smallest absolute Gasteiger partial charge is 0.0871 e. The molecule has 3 atom stereocenters. The molecule has 4 heteroatoms. The Morgan fingerprint density at radius 2 is 2.11 bits per heavy atom. The SMILES string of the molecule is CCCC(O)[C@@H]1[C@@H](OCc2ccccc2)CCN1O. The highest BCUT2D eigenvalue weighted by atomic mass is 16.5. The van der Waals surface area contributed by atoms with Crippen molar-refractivity contribution >= 4 is 0 Å². The van der Waals surface area contributed by atoms with Gasteiger partial charge in [-0.1, -0.05) is 43.7 Å². The first kappa shape index (κ1) is 14.5. The molecule has 1 aliphatic rings. The minimum Gasteiger partial charge on any atom is -0.391 e. The van der Waals surface area contributed by atoms with Crippen molar-refractivity contribution in [1.82, 2.24) is 5.06 Å². The average Bonchev–Trinajstić information content (AvgIpc) is 2.79. The molecule has 4 nitrogen and oxygen atoms in total. The van der Waals surface area contributed by atoms with Gasteiger partial charge in [0.2, 0.25) is 0 Å². The molecule has 1 saturated heterocycles. The third-order valence-corrected chi connectivity index (χ3v) is 3.65. The van der Waals surface area contributed by atoms with Crippen LogP contribution in [-0.2, 0) is 11.3 Å². The minimum absolute atomic E-state index is 0.105. The average molecular weight is 265 g/mol. The van der Waals surface area contributed by atoms with E-state index in [4.69, 9.17) is 4.74 Å². The molecule has 0 aliphatic carbocycles. The van der Waals surface area contributed by atoms with Crippen molar-refractivity contribution in [1.29, 1.82) is 0 Å². The second-order valence-electron chi connectivity index (χ2n) is 5.13. The van der Waals surface area contributed by atoms with Crippen LogP contribution in [0.1, 0.15) is 31.7 Å². The summed E-state index contributed by atoms with van der Waals surface area (Å²) in [6, 6.07) is 9.67. The van der Waals surface area contributed by atoms with Crippen LogP contribution in [0.5, 0.6) is 0 Å². The molecule has 1 unspecified atom stereocenters. The van der Waals surface area contributed by atoms with Gasteiger partial charge in [-0.2, -0.15) is 5.06 Å². The highest BCUT2D eigenvalue weighted by Gasteiger charge is 2.38. The number of hydroxylamine groups is 2. The fourth-order valence-electron chi connectivity index (χ4n) is 2.64. The molecule has 2 N–H and O–H groups in total. The maximum atomic E-state index is 10.1. The number of rotatable bonds is 6. The fourth-order valence-corrected chi connectivity index (χ4v) is 2.64. The molecule has 19 heavy (non-hydrogen) atoms.